The van der Waals surface area contributed by atoms with Gasteiger partial charge in [-0.1, -0.05) is 13.0 Å². The Kier molecular flexibility index (Phi) is 3.46. The molecular weight excluding hydrogens is 272 g/mol. The summed E-state index contributed by atoms with van der Waals surface area (Å²) in [5.41, 5.74) is 3.13. The summed E-state index contributed by atoms with van der Waals surface area (Å²) >= 11 is 0. The highest BCUT2D eigenvalue weighted by molar-refractivity contribution is 5.45. The molecule has 1 aromatic rings. The summed E-state index contributed by atoms with van der Waals surface area (Å²) in [7, 11) is 2.28. The van der Waals surface area contributed by atoms with Crippen LogP contribution in [0.25, 0.3) is 0 Å². The van der Waals surface area contributed by atoms with Crippen LogP contribution in [0.2, 0.25) is 0 Å². The second kappa shape index (κ2) is 5.24. The number of phenols is 1. The third kappa shape index (κ3) is 2.10. The van der Waals surface area contributed by atoms with E-state index in [1.165, 1.54) is 50.0 Å². The molecule has 2 fully saturated rings. The van der Waals surface area contributed by atoms with Crippen molar-refractivity contribution in [1.82, 2.24) is 9.80 Å². The van der Waals surface area contributed by atoms with E-state index >= 15 is 0 Å². The third-order valence-electron chi connectivity index (χ3n) is 6.68. The number of likely N-dealkylation sites (tertiary alicyclic amines) is 2. The Morgan fingerprint density at radius 1 is 1.27 bits per heavy atom. The van der Waals surface area contributed by atoms with Crippen molar-refractivity contribution in [2.75, 3.05) is 33.2 Å². The lowest BCUT2D eigenvalue weighted by Crippen LogP contribution is -2.42. The maximum atomic E-state index is 10.0. The van der Waals surface area contributed by atoms with Gasteiger partial charge >= 0.3 is 0 Å². The molecule has 1 aromatic carbocycles. The van der Waals surface area contributed by atoms with Gasteiger partial charge in [0.2, 0.25) is 0 Å². The Morgan fingerprint density at radius 2 is 2.05 bits per heavy atom. The van der Waals surface area contributed by atoms with Crippen molar-refractivity contribution in [2.45, 2.75) is 44.1 Å². The SMILES string of the molecule is C[C@H]1[C@H]2Cc3ccc(O)cc3[C@@]1(CCN1CCCC1)CN2C. The molecule has 2 heterocycles. The van der Waals surface area contributed by atoms with Gasteiger partial charge < -0.3 is 14.9 Å². The van der Waals surface area contributed by atoms with E-state index in [0.717, 1.165) is 13.0 Å². The zero-order valence-corrected chi connectivity index (χ0v) is 13.9. The molecule has 0 radical (unpaired) electrons. The van der Waals surface area contributed by atoms with Crippen LogP contribution in [0.1, 0.15) is 37.3 Å². The summed E-state index contributed by atoms with van der Waals surface area (Å²) in [6.45, 7) is 7.33. The van der Waals surface area contributed by atoms with Gasteiger partial charge in [-0.15, -0.1) is 0 Å². The molecule has 2 aliphatic heterocycles. The van der Waals surface area contributed by atoms with Crippen LogP contribution in [-0.4, -0.2) is 54.2 Å². The molecule has 120 valence electrons. The lowest BCUT2D eigenvalue weighted by atomic mass is 9.63. The molecule has 0 saturated carbocycles. The summed E-state index contributed by atoms with van der Waals surface area (Å²) < 4.78 is 0. The second-order valence-electron chi connectivity index (χ2n) is 7.77. The van der Waals surface area contributed by atoms with E-state index in [1.807, 2.05) is 6.07 Å². The van der Waals surface area contributed by atoms with E-state index in [-0.39, 0.29) is 5.41 Å². The monoisotopic (exact) mass is 300 g/mol. The third-order valence-corrected chi connectivity index (χ3v) is 6.68. The Balaban J connectivity index is 1.69. The Hall–Kier alpha value is -1.06. The van der Waals surface area contributed by atoms with E-state index in [9.17, 15) is 5.11 Å². The quantitative estimate of drug-likeness (QED) is 0.929. The van der Waals surface area contributed by atoms with Crippen LogP contribution in [0.4, 0.5) is 0 Å². The highest BCUT2D eigenvalue weighted by Gasteiger charge is 2.53. The van der Waals surface area contributed by atoms with Gasteiger partial charge in [-0.3, -0.25) is 0 Å². The fourth-order valence-electron chi connectivity index (χ4n) is 5.36. The molecule has 2 bridgehead atoms. The predicted molar refractivity (Wildman–Crippen MR) is 89.4 cm³/mol. The van der Waals surface area contributed by atoms with Crippen molar-refractivity contribution < 1.29 is 5.11 Å². The van der Waals surface area contributed by atoms with Gasteiger partial charge in [0.1, 0.15) is 5.75 Å². The Labute approximate surface area is 133 Å². The zero-order chi connectivity index (χ0) is 15.3. The van der Waals surface area contributed by atoms with Crippen LogP contribution < -0.4 is 0 Å². The standard InChI is InChI=1S/C19H28N2O/c1-14-18-11-15-5-6-16(22)12-17(15)19(14,13-20(18)2)7-10-21-8-3-4-9-21/h5-6,12,14,18,22H,3-4,7-11,13H2,1-2H3/t14-,18+,19-/m0/s1. The molecule has 3 nitrogen and oxygen atoms in total. The van der Waals surface area contributed by atoms with Crippen molar-refractivity contribution in [2.24, 2.45) is 5.92 Å². The first kappa shape index (κ1) is 14.5. The average molecular weight is 300 g/mol. The zero-order valence-electron chi connectivity index (χ0n) is 13.9. The Morgan fingerprint density at radius 3 is 2.82 bits per heavy atom. The lowest BCUT2D eigenvalue weighted by Gasteiger charge is -2.41. The topological polar surface area (TPSA) is 26.7 Å². The van der Waals surface area contributed by atoms with Gasteiger partial charge in [0.25, 0.3) is 0 Å². The summed E-state index contributed by atoms with van der Waals surface area (Å²) in [6, 6.07) is 6.75. The molecule has 3 atom stereocenters. The van der Waals surface area contributed by atoms with Gasteiger partial charge in [0, 0.05) is 18.0 Å². The van der Waals surface area contributed by atoms with Crippen molar-refractivity contribution in [3.63, 3.8) is 0 Å². The normalized spacial score (nSPS) is 35.0. The number of hydrogen-bond donors (Lipinski definition) is 1. The molecule has 4 rings (SSSR count). The van der Waals surface area contributed by atoms with Crippen molar-refractivity contribution in [1.29, 1.82) is 0 Å². The highest BCUT2D eigenvalue weighted by atomic mass is 16.3. The number of phenolic OH excluding ortho intramolecular Hbond substituents is 1. The van der Waals surface area contributed by atoms with Crippen LogP contribution in [0, 0.1) is 5.92 Å². The van der Waals surface area contributed by atoms with Gasteiger partial charge in [-0.2, -0.15) is 0 Å². The first-order valence-corrected chi connectivity index (χ1v) is 8.85. The Bertz CT molecular complexity index is 567. The van der Waals surface area contributed by atoms with E-state index in [2.05, 4.69) is 35.9 Å². The van der Waals surface area contributed by atoms with Crippen LogP contribution >= 0.6 is 0 Å². The van der Waals surface area contributed by atoms with Crippen LogP contribution in [-0.2, 0) is 11.8 Å². The van der Waals surface area contributed by atoms with Gasteiger partial charge in [0.05, 0.1) is 0 Å². The van der Waals surface area contributed by atoms with Gasteiger partial charge in [-0.25, -0.2) is 0 Å². The average Bonchev–Trinajstić information content (AvgIpc) is 3.06. The largest absolute Gasteiger partial charge is 0.508 e. The number of aromatic hydroxyl groups is 1. The van der Waals surface area contributed by atoms with Gasteiger partial charge in [-0.05, 0) is 81.5 Å². The molecule has 22 heavy (non-hydrogen) atoms. The number of likely N-dealkylation sites (N-methyl/N-ethyl adjacent to an activating group) is 1. The number of fused-ring (bicyclic) bond motifs is 4. The van der Waals surface area contributed by atoms with Crippen molar-refractivity contribution in [3.05, 3.63) is 29.3 Å². The molecule has 2 saturated heterocycles. The summed E-state index contributed by atoms with van der Waals surface area (Å²) in [5.74, 6) is 1.11. The van der Waals surface area contributed by atoms with Crippen molar-refractivity contribution in [3.8, 4) is 5.75 Å². The van der Waals surface area contributed by atoms with E-state index < -0.39 is 0 Å². The molecule has 0 amide bonds. The summed E-state index contributed by atoms with van der Waals surface area (Å²) in [4.78, 5) is 5.19. The first-order valence-electron chi connectivity index (χ1n) is 8.85. The number of benzene rings is 1. The first-order chi connectivity index (χ1) is 10.6. The minimum Gasteiger partial charge on any atom is -0.508 e. The molecule has 1 aliphatic carbocycles. The fraction of sp³-hybridized carbons (Fsp3) is 0.684. The van der Waals surface area contributed by atoms with E-state index in [1.54, 1.807) is 0 Å². The molecule has 0 unspecified atom stereocenters. The summed E-state index contributed by atoms with van der Waals surface area (Å²) in [6.07, 6.45) is 5.09. The smallest absolute Gasteiger partial charge is 0.115 e. The van der Waals surface area contributed by atoms with E-state index in [4.69, 9.17) is 0 Å². The second-order valence-corrected chi connectivity index (χ2v) is 7.77. The highest BCUT2D eigenvalue weighted by Crippen LogP contribution is 2.51. The fourth-order valence-corrected chi connectivity index (χ4v) is 5.36. The molecule has 0 spiro atoms. The number of rotatable bonds is 3. The minimum atomic E-state index is 0.230. The molecule has 1 N–H and O–H groups in total. The van der Waals surface area contributed by atoms with Gasteiger partial charge in [0.15, 0.2) is 0 Å². The van der Waals surface area contributed by atoms with E-state index in [0.29, 0.717) is 17.7 Å². The van der Waals surface area contributed by atoms with Crippen LogP contribution in [0.3, 0.4) is 0 Å². The maximum Gasteiger partial charge on any atom is 0.115 e. The summed E-state index contributed by atoms with van der Waals surface area (Å²) in [5, 5.41) is 10.0. The number of nitrogens with zero attached hydrogens (tertiary/aromatic N) is 2. The minimum absolute atomic E-state index is 0.230. The molecule has 3 heteroatoms. The number of hydrogen-bond acceptors (Lipinski definition) is 3. The lowest BCUT2D eigenvalue weighted by molar-refractivity contribution is 0.232. The van der Waals surface area contributed by atoms with Crippen LogP contribution in [0.5, 0.6) is 5.75 Å². The van der Waals surface area contributed by atoms with Crippen LogP contribution in [0.15, 0.2) is 18.2 Å². The maximum absolute atomic E-state index is 10.0. The molecule has 3 aliphatic rings. The molecule has 0 aromatic heterocycles. The van der Waals surface area contributed by atoms with Crippen molar-refractivity contribution >= 4 is 0 Å². The predicted octanol–water partition coefficient (Wildman–Crippen LogP) is 2.62. The molecular formula is C19H28N2O.